The topological polar surface area (TPSA) is 41.1 Å². The third-order valence-corrected chi connectivity index (χ3v) is 4.94. The average molecular weight is 252 g/mol. The third kappa shape index (κ3) is 3.05. The number of carbonyl (C=O) groups excluding carboxylic acids is 1. The lowest BCUT2D eigenvalue weighted by atomic mass is 9.82. The van der Waals surface area contributed by atoms with Crippen molar-refractivity contribution < 1.29 is 4.79 Å². The Balaban J connectivity index is 1.80. The van der Waals surface area contributed by atoms with E-state index in [4.69, 9.17) is 0 Å². The van der Waals surface area contributed by atoms with E-state index in [0.29, 0.717) is 18.0 Å². The van der Waals surface area contributed by atoms with Crippen molar-refractivity contribution in [3.8, 4) is 0 Å². The SMILES string of the molecule is CCC1(C(=O)NCC2CCCC(C)N2)CCCC1. The zero-order valence-corrected chi connectivity index (χ0v) is 11.9. The van der Waals surface area contributed by atoms with Crippen LogP contribution in [0.1, 0.15) is 65.2 Å². The van der Waals surface area contributed by atoms with Crippen LogP contribution in [0.4, 0.5) is 0 Å². The van der Waals surface area contributed by atoms with E-state index in [1.807, 2.05) is 0 Å². The van der Waals surface area contributed by atoms with Gasteiger partial charge in [0, 0.05) is 24.0 Å². The van der Waals surface area contributed by atoms with Crippen LogP contribution in [0.2, 0.25) is 0 Å². The second-order valence-electron chi connectivity index (χ2n) is 6.25. The van der Waals surface area contributed by atoms with Crippen molar-refractivity contribution in [2.75, 3.05) is 6.54 Å². The van der Waals surface area contributed by atoms with Gasteiger partial charge in [0.05, 0.1) is 0 Å². The molecule has 2 N–H and O–H groups in total. The summed E-state index contributed by atoms with van der Waals surface area (Å²) in [6.07, 6.45) is 9.36. The maximum atomic E-state index is 12.4. The van der Waals surface area contributed by atoms with Crippen LogP contribution in [0.3, 0.4) is 0 Å². The summed E-state index contributed by atoms with van der Waals surface area (Å²) >= 11 is 0. The quantitative estimate of drug-likeness (QED) is 0.807. The van der Waals surface area contributed by atoms with Gasteiger partial charge in [-0.25, -0.2) is 0 Å². The smallest absolute Gasteiger partial charge is 0.226 e. The Kier molecular flexibility index (Phi) is 4.66. The molecule has 0 aromatic rings. The lowest BCUT2D eigenvalue weighted by Gasteiger charge is -2.31. The highest BCUT2D eigenvalue weighted by Gasteiger charge is 2.39. The molecular formula is C15H28N2O. The van der Waals surface area contributed by atoms with E-state index in [-0.39, 0.29) is 5.41 Å². The fraction of sp³-hybridized carbons (Fsp3) is 0.933. The van der Waals surface area contributed by atoms with E-state index in [0.717, 1.165) is 25.8 Å². The Bertz CT molecular complexity index is 284. The van der Waals surface area contributed by atoms with Gasteiger partial charge in [0.1, 0.15) is 0 Å². The third-order valence-electron chi connectivity index (χ3n) is 4.94. The van der Waals surface area contributed by atoms with Gasteiger partial charge in [0.25, 0.3) is 0 Å². The van der Waals surface area contributed by atoms with Crippen molar-refractivity contribution in [3.63, 3.8) is 0 Å². The number of carbonyl (C=O) groups is 1. The van der Waals surface area contributed by atoms with Gasteiger partial charge in [-0.15, -0.1) is 0 Å². The van der Waals surface area contributed by atoms with Gasteiger partial charge in [-0.2, -0.15) is 0 Å². The fourth-order valence-electron chi connectivity index (χ4n) is 3.60. The molecule has 1 saturated heterocycles. The Hall–Kier alpha value is -0.570. The van der Waals surface area contributed by atoms with Gasteiger partial charge >= 0.3 is 0 Å². The maximum absolute atomic E-state index is 12.4. The molecule has 2 unspecified atom stereocenters. The monoisotopic (exact) mass is 252 g/mol. The molecule has 2 fully saturated rings. The number of rotatable bonds is 4. The summed E-state index contributed by atoms with van der Waals surface area (Å²) in [4.78, 5) is 12.4. The Labute approximate surface area is 111 Å². The second-order valence-corrected chi connectivity index (χ2v) is 6.25. The first-order valence-corrected chi connectivity index (χ1v) is 7.70. The van der Waals surface area contributed by atoms with Crippen LogP contribution in [0.25, 0.3) is 0 Å². The van der Waals surface area contributed by atoms with E-state index < -0.39 is 0 Å². The molecule has 18 heavy (non-hydrogen) atoms. The zero-order valence-electron chi connectivity index (χ0n) is 11.9. The molecule has 1 aliphatic carbocycles. The van der Waals surface area contributed by atoms with Crippen LogP contribution in [0.15, 0.2) is 0 Å². The number of hydrogen-bond acceptors (Lipinski definition) is 2. The molecule has 0 radical (unpaired) electrons. The van der Waals surface area contributed by atoms with Gasteiger partial charge in [-0.1, -0.05) is 26.2 Å². The minimum absolute atomic E-state index is 0.0414. The second kappa shape index (κ2) is 6.05. The van der Waals surface area contributed by atoms with Gasteiger partial charge < -0.3 is 10.6 Å². The molecule has 0 spiro atoms. The summed E-state index contributed by atoms with van der Waals surface area (Å²) < 4.78 is 0. The molecule has 1 amide bonds. The summed E-state index contributed by atoms with van der Waals surface area (Å²) in [5.41, 5.74) is -0.0414. The first-order chi connectivity index (χ1) is 8.66. The van der Waals surface area contributed by atoms with E-state index >= 15 is 0 Å². The lowest BCUT2D eigenvalue weighted by molar-refractivity contribution is -0.131. The van der Waals surface area contributed by atoms with Crippen molar-refractivity contribution in [2.45, 2.75) is 77.3 Å². The molecule has 2 rings (SSSR count). The average Bonchev–Trinajstić information content (AvgIpc) is 2.86. The van der Waals surface area contributed by atoms with Crippen LogP contribution in [0.5, 0.6) is 0 Å². The van der Waals surface area contributed by atoms with E-state index in [2.05, 4.69) is 24.5 Å². The van der Waals surface area contributed by atoms with Crippen molar-refractivity contribution in [1.29, 1.82) is 0 Å². The van der Waals surface area contributed by atoms with Crippen molar-refractivity contribution in [2.24, 2.45) is 5.41 Å². The molecule has 1 heterocycles. The Morgan fingerprint density at radius 1 is 1.28 bits per heavy atom. The van der Waals surface area contributed by atoms with Crippen molar-refractivity contribution >= 4 is 5.91 Å². The first-order valence-electron chi connectivity index (χ1n) is 7.70. The van der Waals surface area contributed by atoms with E-state index in [1.165, 1.54) is 32.1 Å². The molecule has 1 aliphatic heterocycles. The predicted octanol–water partition coefficient (Wildman–Crippen LogP) is 2.60. The number of nitrogens with one attached hydrogen (secondary N) is 2. The van der Waals surface area contributed by atoms with Gasteiger partial charge in [-0.05, 0) is 39.0 Å². The van der Waals surface area contributed by atoms with E-state index in [1.54, 1.807) is 0 Å². The number of piperidine rings is 1. The van der Waals surface area contributed by atoms with Crippen molar-refractivity contribution in [1.82, 2.24) is 10.6 Å². The van der Waals surface area contributed by atoms with Crippen molar-refractivity contribution in [3.05, 3.63) is 0 Å². The lowest BCUT2D eigenvalue weighted by Crippen LogP contribution is -2.49. The summed E-state index contributed by atoms with van der Waals surface area (Å²) in [6.45, 7) is 5.20. The van der Waals surface area contributed by atoms with Crippen LogP contribution in [-0.2, 0) is 4.79 Å². The normalized spacial score (nSPS) is 31.2. The summed E-state index contributed by atoms with van der Waals surface area (Å²) in [6, 6.07) is 1.08. The Morgan fingerprint density at radius 3 is 2.61 bits per heavy atom. The Morgan fingerprint density at radius 2 is 2.00 bits per heavy atom. The largest absolute Gasteiger partial charge is 0.354 e. The highest BCUT2D eigenvalue weighted by atomic mass is 16.2. The molecule has 2 atom stereocenters. The molecule has 3 nitrogen and oxygen atoms in total. The highest BCUT2D eigenvalue weighted by Crippen LogP contribution is 2.41. The summed E-state index contributed by atoms with van der Waals surface area (Å²) in [7, 11) is 0. The summed E-state index contributed by atoms with van der Waals surface area (Å²) in [5.74, 6) is 0.308. The van der Waals surface area contributed by atoms with Gasteiger partial charge in [-0.3, -0.25) is 4.79 Å². The molecule has 3 heteroatoms. The van der Waals surface area contributed by atoms with Gasteiger partial charge in [0.15, 0.2) is 0 Å². The van der Waals surface area contributed by atoms with Gasteiger partial charge in [0.2, 0.25) is 5.91 Å². The minimum atomic E-state index is -0.0414. The predicted molar refractivity (Wildman–Crippen MR) is 74.4 cm³/mol. The van der Waals surface area contributed by atoms with E-state index in [9.17, 15) is 4.79 Å². The number of amides is 1. The molecule has 0 bridgehead atoms. The van der Waals surface area contributed by atoms with Crippen LogP contribution >= 0.6 is 0 Å². The standard InChI is InChI=1S/C15H28N2O/c1-3-15(9-4-5-10-15)14(18)16-11-13-8-6-7-12(2)17-13/h12-13,17H,3-11H2,1-2H3,(H,16,18). The molecular weight excluding hydrogens is 224 g/mol. The fourth-order valence-corrected chi connectivity index (χ4v) is 3.60. The van der Waals surface area contributed by atoms with Crippen LogP contribution < -0.4 is 10.6 Å². The highest BCUT2D eigenvalue weighted by molar-refractivity contribution is 5.82. The van der Waals surface area contributed by atoms with Crippen LogP contribution in [-0.4, -0.2) is 24.5 Å². The molecule has 104 valence electrons. The maximum Gasteiger partial charge on any atom is 0.226 e. The van der Waals surface area contributed by atoms with Crippen LogP contribution in [0, 0.1) is 5.41 Å². The number of hydrogen-bond donors (Lipinski definition) is 2. The molecule has 0 aromatic heterocycles. The first kappa shape index (κ1) is 13.9. The summed E-state index contributed by atoms with van der Waals surface area (Å²) in [5, 5.41) is 6.78. The molecule has 2 aliphatic rings. The molecule has 1 saturated carbocycles. The minimum Gasteiger partial charge on any atom is -0.354 e. The molecule has 0 aromatic carbocycles. The zero-order chi connectivity index (χ0) is 13.0.